The molecule has 4 aromatic rings. The van der Waals surface area contributed by atoms with Crippen LogP contribution in [0.3, 0.4) is 0 Å². The molecule has 0 saturated carbocycles. The number of amides is 2. The largest absolute Gasteiger partial charge is 0.497 e. The summed E-state index contributed by atoms with van der Waals surface area (Å²) in [6, 6.07) is 23.8. The van der Waals surface area contributed by atoms with Gasteiger partial charge in [-0.2, -0.15) is 0 Å². The standard InChI is InChI=1S/C19H19ClN2O5.C19H20N2O5/c1-27-15-5-2-4-14(11-15)19(24)8-3-9-21(12-19)18(23)13-6-7-16(20)17(10-13)22(25)26;1-26-17-5-2-4-15(12-17)19(23)10-3-11-20(13-19)18(22)14-6-8-16(9-7-14)21(24)25/h2,4-7,10-11,24H,3,8-9,12H2,1H3;2,4-9,12,23H,3,10-11,13H2,1H3. The van der Waals surface area contributed by atoms with E-state index in [1.165, 1.54) is 47.4 Å². The van der Waals surface area contributed by atoms with Gasteiger partial charge in [-0.3, -0.25) is 29.8 Å². The number of hydrogen-bond donors (Lipinski definition) is 2. The van der Waals surface area contributed by atoms with E-state index in [4.69, 9.17) is 21.1 Å². The fourth-order valence-electron chi connectivity index (χ4n) is 6.59. The monoisotopic (exact) mass is 746 g/mol. The highest BCUT2D eigenvalue weighted by Crippen LogP contribution is 2.36. The zero-order valence-electron chi connectivity index (χ0n) is 29.1. The first-order valence-electron chi connectivity index (χ1n) is 16.8. The Labute approximate surface area is 310 Å². The number of carbonyl (C=O) groups is 2. The van der Waals surface area contributed by atoms with E-state index in [0.29, 0.717) is 67.0 Å². The number of benzene rings is 4. The first-order valence-corrected chi connectivity index (χ1v) is 17.2. The van der Waals surface area contributed by atoms with E-state index < -0.39 is 21.0 Å². The fraction of sp³-hybridized carbons (Fsp3) is 0.316. The van der Waals surface area contributed by atoms with Crippen LogP contribution in [0.1, 0.15) is 57.5 Å². The van der Waals surface area contributed by atoms with Gasteiger partial charge in [0.05, 0.1) is 37.2 Å². The van der Waals surface area contributed by atoms with Gasteiger partial charge >= 0.3 is 0 Å². The zero-order valence-corrected chi connectivity index (χ0v) is 29.9. The molecular weight excluding hydrogens is 708 g/mol. The number of non-ortho nitro benzene ring substituents is 1. The first kappa shape index (κ1) is 38.7. The summed E-state index contributed by atoms with van der Waals surface area (Å²) in [5, 5.41) is 44.0. The molecule has 0 aliphatic carbocycles. The van der Waals surface area contributed by atoms with E-state index in [1.807, 2.05) is 12.1 Å². The molecular formula is C38H39ClN4O10. The molecule has 2 heterocycles. The smallest absolute Gasteiger partial charge is 0.288 e. The Hall–Kier alpha value is -5.57. The molecule has 2 amide bonds. The van der Waals surface area contributed by atoms with Crippen molar-refractivity contribution < 1.29 is 39.1 Å². The minimum Gasteiger partial charge on any atom is -0.497 e. The van der Waals surface area contributed by atoms with Crippen LogP contribution in [0.2, 0.25) is 5.02 Å². The summed E-state index contributed by atoms with van der Waals surface area (Å²) in [6.45, 7) is 1.25. The molecule has 0 aromatic heterocycles. The second-order valence-corrected chi connectivity index (χ2v) is 13.3. The van der Waals surface area contributed by atoms with Crippen molar-refractivity contribution in [3.05, 3.63) is 139 Å². The summed E-state index contributed by atoms with van der Waals surface area (Å²) in [7, 11) is 3.11. The molecule has 2 aliphatic heterocycles. The molecule has 6 rings (SSSR count). The van der Waals surface area contributed by atoms with Crippen molar-refractivity contribution >= 4 is 34.8 Å². The quantitative estimate of drug-likeness (QED) is 0.157. The second kappa shape index (κ2) is 16.4. The minimum atomic E-state index is -1.21. The number of ether oxygens (including phenoxy) is 2. The third-order valence-corrected chi connectivity index (χ3v) is 9.76. The van der Waals surface area contributed by atoms with Gasteiger partial charge in [-0.05, 0) is 85.3 Å². The van der Waals surface area contributed by atoms with Crippen LogP contribution in [0.15, 0.2) is 91.0 Å². The number of aliphatic hydroxyl groups is 2. The Kier molecular flexibility index (Phi) is 12.0. The van der Waals surface area contributed by atoms with Crippen molar-refractivity contribution in [2.75, 3.05) is 40.4 Å². The predicted molar refractivity (Wildman–Crippen MR) is 195 cm³/mol. The molecule has 0 radical (unpaired) electrons. The molecule has 2 saturated heterocycles. The number of rotatable bonds is 8. The summed E-state index contributed by atoms with van der Waals surface area (Å²) in [5.41, 5.74) is -0.828. The lowest BCUT2D eigenvalue weighted by atomic mass is 9.85. The number of piperidine rings is 2. The molecule has 278 valence electrons. The lowest BCUT2D eigenvalue weighted by Crippen LogP contribution is -2.48. The van der Waals surface area contributed by atoms with Crippen LogP contribution in [0, 0.1) is 20.2 Å². The lowest BCUT2D eigenvalue weighted by Gasteiger charge is -2.39. The van der Waals surface area contributed by atoms with Crippen molar-refractivity contribution in [2.24, 2.45) is 0 Å². The van der Waals surface area contributed by atoms with E-state index in [2.05, 4.69) is 0 Å². The van der Waals surface area contributed by atoms with E-state index >= 15 is 0 Å². The van der Waals surface area contributed by atoms with Crippen LogP contribution in [0.25, 0.3) is 0 Å². The van der Waals surface area contributed by atoms with E-state index in [-0.39, 0.29) is 46.9 Å². The van der Waals surface area contributed by atoms with Crippen LogP contribution in [0.5, 0.6) is 11.5 Å². The fourth-order valence-corrected chi connectivity index (χ4v) is 6.78. The van der Waals surface area contributed by atoms with Gasteiger partial charge in [0.1, 0.15) is 27.7 Å². The molecule has 2 fully saturated rings. The Morgan fingerprint density at radius 2 is 1.17 bits per heavy atom. The number of hydrogen-bond acceptors (Lipinski definition) is 10. The molecule has 0 spiro atoms. The minimum absolute atomic E-state index is 0.0249. The topological polar surface area (TPSA) is 186 Å². The summed E-state index contributed by atoms with van der Waals surface area (Å²) in [4.78, 5) is 49.4. The third kappa shape index (κ3) is 8.91. The number of methoxy groups -OCH3 is 2. The normalized spacial score (nSPS) is 19.7. The molecule has 15 heteroatoms. The van der Waals surface area contributed by atoms with Gasteiger partial charge in [-0.25, -0.2) is 0 Å². The molecule has 2 atom stereocenters. The number of carbonyl (C=O) groups excluding carboxylic acids is 2. The summed E-state index contributed by atoms with van der Waals surface area (Å²) >= 11 is 5.82. The average molecular weight is 747 g/mol. The molecule has 0 bridgehead atoms. The van der Waals surface area contributed by atoms with Crippen LogP contribution >= 0.6 is 11.6 Å². The number of nitro groups is 2. The second-order valence-electron chi connectivity index (χ2n) is 12.9. The van der Waals surface area contributed by atoms with Crippen LogP contribution in [-0.4, -0.2) is 82.1 Å². The SMILES string of the molecule is COc1cccc(C2(O)CCCN(C(=O)c3ccc(Cl)c([N+](=O)[O-])c3)C2)c1.COc1cccc(C2(O)CCCN(C(=O)c3ccc([N+](=O)[O-])cc3)C2)c1. The summed E-state index contributed by atoms with van der Waals surface area (Å²) < 4.78 is 10.4. The number of nitrogens with zero attached hydrogens (tertiary/aromatic N) is 4. The van der Waals surface area contributed by atoms with Crippen LogP contribution in [0.4, 0.5) is 11.4 Å². The van der Waals surface area contributed by atoms with E-state index in [1.54, 1.807) is 55.5 Å². The maximum Gasteiger partial charge on any atom is 0.288 e. The molecule has 14 nitrogen and oxygen atoms in total. The van der Waals surface area contributed by atoms with Crippen molar-refractivity contribution in [1.29, 1.82) is 0 Å². The Morgan fingerprint density at radius 3 is 1.62 bits per heavy atom. The number of β-amino-alcohol motifs (C(OH)–C–C–N with tert-alkyl or cyclic N) is 2. The molecule has 2 aliphatic rings. The van der Waals surface area contributed by atoms with Crippen LogP contribution in [-0.2, 0) is 11.2 Å². The number of halogens is 1. The molecule has 2 unspecified atom stereocenters. The van der Waals surface area contributed by atoms with Crippen molar-refractivity contribution in [3.63, 3.8) is 0 Å². The Morgan fingerprint density at radius 1 is 0.698 bits per heavy atom. The number of nitro benzene ring substituents is 2. The molecule has 2 N–H and O–H groups in total. The lowest BCUT2D eigenvalue weighted by molar-refractivity contribution is -0.385. The Bertz CT molecular complexity index is 1990. The van der Waals surface area contributed by atoms with Gasteiger partial charge in [0, 0.05) is 42.4 Å². The highest BCUT2D eigenvalue weighted by Gasteiger charge is 2.39. The maximum atomic E-state index is 12.9. The predicted octanol–water partition coefficient (Wildman–Crippen LogP) is 6.11. The first-order chi connectivity index (χ1) is 25.3. The van der Waals surface area contributed by atoms with Crippen molar-refractivity contribution in [3.8, 4) is 11.5 Å². The van der Waals surface area contributed by atoms with Crippen LogP contribution < -0.4 is 9.47 Å². The maximum absolute atomic E-state index is 12.9. The molecule has 4 aromatic carbocycles. The average Bonchev–Trinajstić information content (AvgIpc) is 3.17. The van der Waals surface area contributed by atoms with Crippen molar-refractivity contribution in [1.82, 2.24) is 9.80 Å². The zero-order chi connectivity index (χ0) is 38.3. The van der Waals surface area contributed by atoms with Gasteiger partial charge in [-0.1, -0.05) is 35.9 Å². The van der Waals surface area contributed by atoms with Gasteiger partial charge in [0.25, 0.3) is 23.2 Å². The molecule has 53 heavy (non-hydrogen) atoms. The van der Waals surface area contributed by atoms with Crippen molar-refractivity contribution in [2.45, 2.75) is 36.9 Å². The van der Waals surface area contributed by atoms with Gasteiger partial charge < -0.3 is 29.5 Å². The summed E-state index contributed by atoms with van der Waals surface area (Å²) in [5.74, 6) is 0.643. The van der Waals surface area contributed by atoms with Gasteiger partial charge in [0.15, 0.2) is 0 Å². The van der Waals surface area contributed by atoms with E-state index in [9.17, 15) is 40.0 Å². The van der Waals surface area contributed by atoms with Gasteiger partial charge in [0.2, 0.25) is 0 Å². The Balaban J connectivity index is 0.000000204. The third-order valence-electron chi connectivity index (χ3n) is 9.45. The van der Waals surface area contributed by atoms with Gasteiger partial charge in [-0.15, -0.1) is 0 Å². The van der Waals surface area contributed by atoms with E-state index in [0.717, 1.165) is 0 Å². The number of likely N-dealkylation sites (tertiary alicyclic amines) is 2. The highest BCUT2D eigenvalue weighted by atomic mass is 35.5. The highest BCUT2D eigenvalue weighted by molar-refractivity contribution is 6.32. The summed E-state index contributed by atoms with van der Waals surface area (Å²) in [6.07, 6.45) is 2.32.